The average Bonchev–Trinajstić information content (AvgIpc) is 3.24. The van der Waals surface area contributed by atoms with Gasteiger partial charge < -0.3 is 29.2 Å². The molecule has 29 heavy (non-hydrogen) atoms. The molecule has 1 atom stereocenters. The lowest BCUT2D eigenvalue weighted by atomic mass is 10.2. The molecule has 0 aliphatic carbocycles. The van der Waals surface area contributed by atoms with Gasteiger partial charge in [-0.3, -0.25) is 0 Å². The molecule has 150 valence electrons. The zero-order chi connectivity index (χ0) is 20.1. The fourth-order valence-corrected chi connectivity index (χ4v) is 3.45. The average molecular weight is 410 g/mol. The first-order chi connectivity index (χ1) is 14.2. The fourth-order valence-electron chi connectivity index (χ4n) is 3.21. The van der Waals surface area contributed by atoms with Crippen LogP contribution in [0.1, 0.15) is 11.1 Å². The summed E-state index contributed by atoms with van der Waals surface area (Å²) in [6, 6.07) is 13.4. The molecule has 1 N–H and O–H groups in total. The van der Waals surface area contributed by atoms with Crippen molar-refractivity contribution in [2.24, 2.45) is 0 Å². The third kappa shape index (κ3) is 4.91. The molecule has 4 rings (SSSR count). The molecule has 0 saturated carbocycles. The van der Waals surface area contributed by atoms with E-state index in [4.69, 9.17) is 37.6 Å². The van der Waals surface area contributed by atoms with Crippen molar-refractivity contribution in [2.45, 2.75) is 12.6 Å². The van der Waals surface area contributed by atoms with Gasteiger partial charge in [-0.25, -0.2) is 0 Å². The Morgan fingerprint density at radius 1 is 1.24 bits per heavy atom. The van der Waals surface area contributed by atoms with E-state index in [1.54, 1.807) is 0 Å². The van der Waals surface area contributed by atoms with Gasteiger partial charge in [0.1, 0.15) is 18.5 Å². The minimum atomic E-state index is -0.0662. The third-order valence-corrected chi connectivity index (χ3v) is 5.15. The van der Waals surface area contributed by atoms with Gasteiger partial charge in [-0.1, -0.05) is 18.1 Å². The Morgan fingerprint density at radius 2 is 2.14 bits per heavy atom. The summed E-state index contributed by atoms with van der Waals surface area (Å²) < 4.78 is 22.4. The largest absolute Gasteiger partial charge is 0.491 e. The SMILES string of the molecule is C#Cc1cccc(OCC2CN(C(=S)NCc3ccc4c(c3)OCO4)CCO2)c1. The quantitative estimate of drug-likeness (QED) is 0.601. The van der Waals surface area contributed by atoms with Crippen LogP contribution < -0.4 is 19.5 Å². The Bertz CT molecular complexity index is 927. The van der Waals surface area contributed by atoms with Crippen molar-refractivity contribution in [1.82, 2.24) is 10.2 Å². The number of morpholine rings is 1. The van der Waals surface area contributed by atoms with Crippen molar-refractivity contribution in [3.05, 3.63) is 53.6 Å². The number of fused-ring (bicyclic) bond motifs is 1. The molecule has 0 amide bonds. The number of hydrogen-bond acceptors (Lipinski definition) is 5. The Kier molecular flexibility index (Phi) is 6.03. The highest BCUT2D eigenvalue weighted by molar-refractivity contribution is 7.80. The monoisotopic (exact) mass is 410 g/mol. The summed E-state index contributed by atoms with van der Waals surface area (Å²) in [5, 5.41) is 4.01. The third-order valence-electron chi connectivity index (χ3n) is 4.74. The Morgan fingerprint density at radius 3 is 3.03 bits per heavy atom. The molecule has 2 aromatic carbocycles. The molecule has 1 fully saturated rings. The minimum absolute atomic E-state index is 0.0662. The van der Waals surface area contributed by atoms with Gasteiger partial charge in [-0.05, 0) is 48.1 Å². The van der Waals surface area contributed by atoms with Crippen molar-refractivity contribution < 1.29 is 18.9 Å². The lowest BCUT2D eigenvalue weighted by Gasteiger charge is -2.34. The fraction of sp³-hybridized carbons (Fsp3) is 0.318. The van der Waals surface area contributed by atoms with E-state index < -0.39 is 0 Å². The summed E-state index contributed by atoms with van der Waals surface area (Å²) >= 11 is 5.58. The summed E-state index contributed by atoms with van der Waals surface area (Å²) in [5.74, 6) is 4.90. The number of benzene rings is 2. The van der Waals surface area contributed by atoms with Crippen molar-refractivity contribution >= 4 is 17.3 Å². The molecule has 0 bridgehead atoms. The molecule has 2 aliphatic heterocycles. The first-order valence-corrected chi connectivity index (χ1v) is 9.84. The maximum Gasteiger partial charge on any atom is 0.231 e. The van der Waals surface area contributed by atoms with E-state index in [9.17, 15) is 0 Å². The van der Waals surface area contributed by atoms with Crippen LogP contribution in [0.4, 0.5) is 0 Å². The number of thiocarbonyl (C=S) groups is 1. The highest BCUT2D eigenvalue weighted by Crippen LogP contribution is 2.32. The normalized spacial score (nSPS) is 17.5. The number of hydrogen-bond donors (Lipinski definition) is 1. The standard InChI is InChI=1S/C22H22N2O4S/c1-2-16-4-3-5-18(10-16)26-14-19-13-24(8-9-25-19)22(29)23-12-17-6-7-20-21(11-17)28-15-27-20/h1,3-7,10-11,19H,8-9,12-15H2,(H,23,29). The molecule has 7 heteroatoms. The predicted molar refractivity (Wildman–Crippen MR) is 113 cm³/mol. The molecule has 2 aliphatic rings. The Hall–Kier alpha value is -2.95. The van der Waals surface area contributed by atoms with Gasteiger partial charge in [-0.2, -0.15) is 0 Å². The second-order valence-electron chi connectivity index (χ2n) is 6.77. The second kappa shape index (κ2) is 9.03. The molecule has 2 heterocycles. The van der Waals surface area contributed by atoms with E-state index >= 15 is 0 Å². The molecule has 2 aromatic rings. The van der Waals surface area contributed by atoms with Gasteiger partial charge in [0.2, 0.25) is 6.79 Å². The smallest absolute Gasteiger partial charge is 0.231 e. The van der Waals surface area contributed by atoms with Crippen LogP contribution in [-0.2, 0) is 11.3 Å². The van der Waals surface area contributed by atoms with Crippen LogP contribution in [0, 0.1) is 12.3 Å². The lowest BCUT2D eigenvalue weighted by Crippen LogP contribution is -2.50. The molecular weight excluding hydrogens is 388 g/mol. The van der Waals surface area contributed by atoms with Crippen molar-refractivity contribution in [3.8, 4) is 29.6 Å². The first-order valence-electron chi connectivity index (χ1n) is 9.43. The van der Waals surface area contributed by atoms with Gasteiger partial charge >= 0.3 is 0 Å². The first kappa shape index (κ1) is 19.4. The van der Waals surface area contributed by atoms with E-state index in [1.807, 2.05) is 42.5 Å². The van der Waals surface area contributed by atoms with Crippen molar-refractivity contribution in [2.75, 3.05) is 33.1 Å². The van der Waals surface area contributed by atoms with E-state index in [0.29, 0.717) is 31.4 Å². The molecule has 0 spiro atoms. The number of nitrogens with zero attached hydrogens (tertiary/aromatic N) is 1. The summed E-state index contributed by atoms with van der Waals surface area (Å²) in [7, 11) is 0. The van der Waals surface area contributed by atoms with Crippen LogP contribution in [0.25, 0.3) is 0 Å². The maximum absolute atomic E-state index is 5.85. The minimum Gasteiger partial charge on any atom is -0.491 e. The van der Waals surface area contributed by atoms with Gasteiger partial charge in [0, 0.05) is 25.2 Å². The second-order valence-corrected chi connectivity index (χ2v) is 7.16. The summed E-state index contributed by atoms with van der Waals surface area (Å²) in [6.07, 6.45) is 5.37. The zero-order valence-electron chi connectivity index (χ0n) is 15.9. The van der Waals surface area contributed by atoms with Crippen LogP contribution in [-0.4, -0.2) is 49.2 Å². The summed E-state index contributed by atoms with van der Waals surface area (Å²) in [4.78, 5) is 2.11. The topological polar surface area (TPSA) is 52.2 Å². The lowest BCUT2D eigenvalue weighted by molar-refractivity contribution is -0.0288. The van der Waals surface area contributed by atoms with Gasteiger partial charge in [0.15, 0.2) is 16.6 Å². The van der Waals surface area contributed by atoms with E-state index in [1.165, 1.54) is 0 Å². The van der Waals surface area contributed by atoms with Gasteiger partial charge in [0.05, 0.1) is 6.61 Å². The van der Waals surface area contributed by atoms with E-state index in [2.05, 4.69) is 16.1 Å². The van der Waals surface area contributed by atoms with Crippen molar-refractivity contribution in [3.63, 3.8) is 0 Å². The molecule has 1 saturated heterocycles. The molecule has 0 aromatic heterocycles. The van der Waals surface area contributed by atoms with Crippen LogP contribution in [0.3, 0.4) is 0 Å². The maximum atomic E-state index is 5.85. The predicted octanol–water partition coefficient (Wildman–Crippen LogP) is 2.55. The van der Waals surface area contributed by atoms with Crippen LogP contribution in [0.5, 0.6) is 17.2 Å². The molecular formula is C22H22N2O4S. The number of ether oxygens (including phenoxy) is 4. The van der Waals surface area contributed by atoms with Crippen molar-refractivity contribution in [1.29, 1.82) is 0 Å². The highest BCUT2D eigenvalue weighted by Gasteiger charge is 2.23. The van der Waals surface area contributed by atoms with Crippen LogP contribution in [0.15, 0.2) is 42.5 Å². The number of nitrogens with one attached hydrogen (secondary N) is 1. The molecule has 0 radical (unpaired) electrons. The Labute approximate surface area is 175 Å². The summed E-state index contributed by atoms with van der Waals surface area (Å²) in [5.41, 5.74) is 1.88. The molecule has 1 unspecified atom stereocenters. The summed E-state index contributed by atoms with van der Waals surface area (Å²) in [6.45, 7) is 3.35. The van der Waals surface area contributed by atoms with Crippen LogP contribution in [0.2, 0.25) is 0 Å². The molecule has 6 nitrogen and oxygen atoms in total. The van der Waals surface area contributed by atoms with Crippen LogP contribution >= 0.6 is 12.2 Å². The van der Waals surface area contributed by atoms with Gasteiger partial charge in [-0.15, -0.1) is 6.42 Å². The zero-order valence-corrected chi connectivity index (χ0v) is 16.7. The van der Waals surface area contributed by atoms with Gasteiger partial charge in [0.25, 0.3) is 0 Å². The van der Waals surface area contributed by atoms with E-state index in [-0.39, 0.29) is 12.9 Å². The van der Waals surface area contributed by atoms with E-state index in [0.717, 1.165) is 34.9 Å². The number of rotatable bonds is 5. The number of terminal acetylenes is 1. The highest BCUT2D eigenvalue weighted by atomic mass is 32.1. The Balaban J connectivity index is 1.26.